The highest BCUT2D eigenvalue weighted by Gasteiger charge is 2.53. The number of benzene rings is 4. The number of aliphatic imine (C=N–C) groups is 1. The van der Waals surface area contributed by atoms with Gasteiger partial charge in [0.25, 0.3) is 5.91 Å². The number of nitrogens with one attached hydrogen (secondary N) is 1. The summed E-state index contributed by atoms with van der Waals surface area (Å²) in [6.45, 7) is 0.792. The van der Waals surface area contributed by atoms with Gasteiger partial charge >= 0.3 is 0 Å². The Morgan fingerprint density at radius 3 is 2.53 bits per heavy atom. The quantitative estimate of drug-likeness (QED) is 0.0625. The number of halogens is 1. The third-order valence-electron chi connectivity index (χ3n) is 7.82. The van der Waals surface area contributed by atoms with Crippen LogP contribution < -0.4 is 10.1 Å². The van der Waals surface area contributed by atoms with E-state index in [0.29, 0.717) is 42.9 Å². The first-order chi connectivity index (χ1) is 23.0. The number of rotatable bonds is 15. The molecule has 1 aliphatic heterocycles. The Kier molecular flexibility index (Phi) is 11.4. The van der Waals surface area contributed by atoms with Gasteiger partial charge in [-0.15, -0.1) is 0 Å². The zero-order chi connectivity index (χ0) is 32.9. The van der Waals surface area contributed by atoms with Crippen LogP contribution in [0.15, 0.2) is 119 Å². The molecule has 0 aliphatic carbocycles. The van der Waals surface area contributed by atoms with Crippen molar-refractivity contribution in [3.8, 4) is 5.75 Å². The Morgan fingerprint density at radius 2 is 1.79 bits per heavy atom. The van der Waals surface area contributed by atoms with Crippen molar-refractivity contribution in [3.05, 3.63) is 153 Å². The molecule has 10 heteroatoms. The highest BCUT2D eigenvalue weighted by Crippen LogP contribution is 2.44. The molecule has 1 amide bonds. The van der Waals surface area contributed by atoms with Gasteiger partial charge in [-0.1, -0.05) is 84.0 Å². The minimum absolute atomic E-state index is 0.0397. The lowest BCUT2D eigenvalue weighted by molar-refractivity contribution is -0.128. The monoisotopic (exact) mass is 633 g/mol. The number of carbonyl (C=O) groups is 1. The molecule has 0 spiro atoms. The smallest absolute Gasteiger partial charge is 0.252 e. The number of aliphatic hydroxyl groups excluding tert-OH is 1. The van der Waals surface area contributed by atoms with Crippen molar-refractivity contribution in [1.82, 2.24) is 5.32 Å². The third kappa shape index (κ3) is 8.43. The van der Waals surface area contributed by atoms with Gasteiger partial charge in [0.15, 0.2) is 11.6 Å². The summed E-state index contributed by atoms with van der Waals surface area (Å²) >= 11 is 0. The molecule has 2 atom stereocenters. The molecule has 9 nitrogen and oxygen atoms in total. The predicted molar refractivity (Wildman–Crippen MR) is 179 cm³/mol. The van der Waals surface area contributed by atoms with Gasteiger partial charge in [0.1, 0.15) is 11.6 Å². The van der Waals surface area contributed by atoms with Crippen molar-refractivity contribution >= 4 is 17.9 Å². The maximum atomic E-state index is 14.4. The SMILES string of the molecule is [N-]=[N+]=NCc1ccccc1[C@H]1OC(c2ccc(OCCCO)cc2)=N[C@@]1(C/C=C/c1ccccc1)C(=O)NCCc1ccc(F)cc1. The lowest BCUT2D eigenvalue weighted by atomic mass is 9.82. The molecule has 0 fully saturated rings. The molecule has 0 saturated carbocycles. The molecular weight excluding hydrogens is 597 g/mol. The first-order valence-electron chi connectivity index (χ1n) is 15.5. The molecule has 0 aromatic heterocycles. The molecular formula is C37H36FN5O4. The van der Waals surface area contributed by atoms with E-state index in [0.717, 1.165) is 16.7 Å². The number of carbonyl (C=O) groups excluding carboxylic acids is 1. The Bertz CT molecular complexity index is 1740. The lowest BCUT2D eigenvalue weighted by Crippen LogP contribution is -2.48. The van der Waals surface area contributed by atoms with Gasteiger partial charge in [-0.2, -0.15) is 0 Å². The summed E-state index contributed by atoms with van der Waals surface area (Å²) in [5.74, 6) is 0.267. The fourth-order valence-corrected chi connectivity index (χ4v) is 5.40. The fourth-order valence-electron chi connectivity index (χ4n) is 5.40. The number of ether oxygens (including phenoxy) is 2. The zero-order valence-corrected chi connectivity index (χ0v) is 25.8. The molecule has 0 bridgehead atoms. The van der Waals surface area contributed by atoms with Crippen LogP contribution in [0.1, 0.15) is 46.8 Å². The van der Waals surface area contributed by atoms with E-state index in [1.54, 1.807) is 24.3 Å². The zero-order valence-electron chi connectivity index (χ0n) is 25.8. The van der Waals surface area contributed by atoms with E-state index in [2.05, 4.69) is 15.3 Å². The number of azide groups is 1. The van der Waals surface area contributed by atoms with Crippen LogP contribution in [0.2, 0.25) is 0 Å². The van der Waals surface area contributed by atoms with E-state index in [1.165, 1.54) is 12.1 Å². The van der Waals surface area contributed by atoms with E-state index in [-0.39, 0.29) is 37.2 Å². The average Bonchev–Trinajstić information content (AvgIpc) is 3.49. The maximum Gasteiger partial charge on any atom is 0.252 e. The van der Waals surface area contributed by atoms with Crippen LogP contribution in [0.25, 0.3) is 16.5 Å². The summed E-state index contributed by atoms with van der Waals surface area (Å²) in [5, 5.41) is 15.9. The topological polar surface area (TPSA) is 129 Å². The highest BCUT2D eigenvalue weighted by molar-refractivity contribution is 6.01. The van der Waals surface area contributed by atoms with Crippen LogP contribution in [-0.4, -0.2) is 42.2 Å². The first-order valence-corrected chi connectivity index (χ1v) is 15.5. The summed E-state index contributed by atoms with van der Waals surface area (Å²) in [5.41, 5.74) is 11.6. The third-order valence-corrected chi connectivity index (χ3v) is 7.82. The number of amides is 1. The molecule has 0 unspecified atom stereocenters. The Balaban J connectivity index is 1.53. The van der Waals surface area contributed by atoms with Crippen molar-refractivity contribution in [2.24, 2.45) is 10.1 Å². The molecule has 0 saturated heterocycles. The van der Waals surface area contributed by atoms with Crippen LogP contribution in [0.5, 0.6) is 5.75 Å². The summed E-state index contributed by atoms with van der Waals surface area (Å²) < 4.78 is 25.8. The van der Waals surface area contributed by atoms with E-state index < -0.39 is 11.6 Å². The van der Waals surface area contributed by atoms with Crippen LogP contribution in [0.4, 0.5) is 4.39 Å². The second kappa shape index (κ2) is 16.2. The normalized spacial score (nSPS) is 17.1. The minimum atomic E-state index is -1.42. The molecule has 1 aliphatic rings. The lowest BCUT2D eigenvalue weighted by Gasteiger charge is -2.31. The second-order valence-electron chi connectivity index (χ2n) is 11.0. The molecule has 5 rings (SSSR count). The van der Waals surface area contributed by atoms with Crippen LogP contribution >= 0.6 is 0 Å². The minimum Gasteiger partial charge on any atom is -0.494 e. The standard InChI is InChI=1S/C37H36FN5O4/c38-31-17-13-28(14-18-31)21-23-40-36(45)37(22-6-10-27-8-2-1-3-9-27)34(33-12-5-4-11-30(33)26-41-43-39)47-35(42-37)29-15-19-32(20-16-29)46-25-7-24-44/h1-6,8-20,34,44H,7,21-26H2,(H,40,45)/b10-6+/t34-,37-/m1/s1. The summed E-state index contributed by atoms with van der Waals surface area (Å²) in [4.78, 5) is 22.4. The molecule has 240 valence electrons. The van der Waals surface area contributed by atoms with Gasteiger partial charge < -0.3 is 19.9 Å². The number of hydrogen-bond donors (Lipinski definition) is 2. The van der Waals surface area contributed by atoms with E-state index in [1.807, 2.05) is 78.9 Å². The van der Waals surface area contributed by atoms with Crippen molar-refractivity contribution in [2.45, 2.75) is 37.5 Å². The first kappa shape index (κ1) is 32.9. The van der Waals surface area contributed by atoms with Crippen LogP contribution in [0.3, 0.4) is 0 Å². The van der Waals surface area contributed by atoms with Crippen LogP contribution in [-0.2, 0) is 22.5 Å². The Labute approximate surface area is 273 Å². The maximum absolute atomic E-state index is 14.4. The molecule has 47 heavy (non-hydrogen) atoms. The number of nitrogens with zero attached hydrogens (tertiary/aromatic N) is 4. The fraction of sp³-hybridized carbons (Fsp3) is 0.243. The van der Waals surface area contributed by atoms with E-state index in [4.69, 9.17) is 25.1 Å². The largest absolute Gasteiger partial charge is 0.494 e. The highest BCUT2D eigenvalue weighted by atomic mass is 19.1. The average molecular weight is 634 g/mol. The number of hydrogen-bond acceptors (Lipinski definition) is 6. The van der Waals surface area contributed by atoms with Crippen molar-refractivity contribution in [1.29, 1.82) is 0 Å². The molecule has 0 radical (unpaired) electrons. The Hall–Kier alpha value is -5.44. The van der Waals surface area contributed by atoms with Crippen molar-refractivity contribution in [2.75, 3.05) is 19.8 Å². The summed E-state index contributed by atoms with van der Waals surface area (Å²) in [6.07, 6.45) is 4.23. The van der Waals surface area contributed by atoms with Gasteiger partial charge in [-0.05, 0) is 70.6 Å². The van der Waals surface area contributed by atoms with E-state index in [9.17, 15) is 9.18 Å². The van der Waals surface area contributed by atoms with Crippen LogP contribution in [0, 0.1) is 5.82 Å². The molecule has 4 aromatic carbocycles. The second-order valence-corrected chi connectivity index (χ2v) is 11.0. The predicted octanol–water partition coefficient (Wildman–Crippen LogP) is 7.12. The van der Waals surface area contributed by atoms with Crippen molar-refractivity contribution in [3.63, 3.8) is 0 Å². The number of aliphatic hydroxyl groups is 1. The molecule has 4 aromatic rings. The van der Waals surface area contributed by atoms with Gasteiger partial charge in [0, 0.05) is 36.5 Å². The summed E-state index contributed by atoms with van der Waals surface area (Å²) in [6, 6.07) is 30.6. The summed E-state index contributed by atoms with van der Waals surface area (Å²) in [7, 11) is 0. The van der Waals surface area contributed by atoms with Gasteiger partial charge in [0.05, 0.1) is 13.2 Å². The van der Waals surface area contributed by atoms with Gasteiger partial charge in [-0.3, -0.25) is 4.79 Å². The molecule has 2 N–H and O–H groups in total. The Morgan fingerprint density at radius 1 is 1.04 bits per heavy atom. The van der Waals surface area contributed by atoms with E-state index >= 15 is 0 Å². The van der Waals surface area contributed by atoms with Gasteiger partial charge in [0.2, 0.25) is 5.90 Å². The van der Waals surface area contributed by atoms with Gasteiger partial charge in [-0.25, -0.2) is 9.38 Å². The van der Waals surface area contributed by atoms with Crippen molar-refractivity contribution < 1.29 is 23.8 Å². The molecule has 1 heterocycles.